The van der Waals surface area contributed by atoms with E-state index in [9.17, 15) is 33.9 Å². The van der Waals surface area contributed by atoms with Crippen LogP contribution in [0.2, 0.25) is 0 Å². The summed E-state index contributed by atoms with van der Waals surface area (Å²) >= 11 is 1.41. The molecule has 0 spiro atoms. The lowest BCUT2D eigenvalue weighted by Crippen LogP contribution is -2.41. The predicted molar refractivity (Wildman–Crippen MR) is 321 cm³/mol. The molecule has 2 aliphatic rings. The molecule has 5 amide bonds. The number of carbonyl (C=O) groups excluding carboxylic acids is 5. The van der Waals surface area contributed by atoms with Gasteiger partial charge in [-0.2, -0.15) is 0 Å². The first-order chi connectivity index (χ1) is 39.9. The first-order valence-corrected chi connectivity index (χ1v) is 29.4. The summed E-state index contributed by atoms with van der Waals surface area (Å²) in [7, 11) is 1.76. The molecule has 2 aromatic heterocycles. The van der Waals surface area contributed by atoms with Crippen molar-refractivity contribution >= 4 is 79.3 Å². The Hall–Kier alpha value is -6.95. The zero-order valence-corrected chi connectivity index (χ0v) is 50.0. The van der Waals surface area contributed by atoms with Gasteiger partial charge in [0.1, 0.15) is 5.82 Å². The number of fused-ring (bicyclic) bond motifs is 2. The molecule has 2 atom stereocenters. The third kappa shape index (κ3) is 19.3. The number of carbonyl (C=O) groups is 6. The Morgan fingerprint density at radius 1 is 0.867 bits per heavy atom. The number of amides is 5. The average Bonchev–Trinajstić information content (AvgIpc) is 3.99. The van der Waals surface area contributed by atoms with Gasteiger partial charge in [0.05, 0.1) is 81.7 Å². The number of rotatable bonds is 36. The molecule has 4 heterocycles. The Morgan fingerprint density at radius 3 is 2.20 bits per heavy atom. The molecule has 5 N–H and O–H groups in total. The summed E-state index contributed by atoms with van der Waals surface area (Å²) in [6.45, 7) is 17.8. The van der Waals surface area contributed by atoms with Crippen LogP contribution >= 0.6 is 11.3 Å². The van der Waals surface area contributed by atoms with Gasteiger partial charge in [0.15, 0.2) is 10.8 Å². The molecular weight excluding hydrogens is 1080 g/mol. The number of pyridine rings is 1. The van der Waals surface area contributed by atoms with E-state index in [1.54, 1.807) is 30.1 Å². The van der Waals surface area contributed by atoms with Crippen molar-refractivity contribution < 1.29 is 57.6 Å². The number of benzene rings is 2. The lowest BCUT2D eigenvalue weighted by molar-refractivity contribution is -0.137. The van der Waals surface area contributed by atoms with E-state index in [0.717, 1.165) is 45.5 Å². The molecule has 0 saturated carbocycles. The number of hydrogen-bond acceptors (Lipinski definition) is 17. The van der Waals surface area contributed by atoms with Gasteiger partial charge >= 0.3 is 5.97 Å². The van der Waals surface area contributed by atoms with Crippen molar-refractivity contribution in [2.24, 2.45) is 22.1 Å². The first-order valence-electron chi connectivity index (χ1n) is 28.6. The van der Waals surface area contributed by atoms with Crippen molar-refractivity contribution in [1.82, 2.24) is 25.1 Å². The number of para-hydroxylation sites is 1. The van der Waals surface area contributed by atoms with Gasteiger partial charge in [-0.3, -0.25) is 39.2 Å². The number of imide groups is 1. The van der Waals surface area contributed by atoms with Gasteiger partial charge in [-0.25, -0.2) is 14.8 Å². The first kappa shape index (κ1) is 65.2. The second-order valence-electron chi connectivity index (χ2n) is 21.5. The van der Waals surface area contributed by atoms with Crippen molar-refractivity contribution in [2.75, 3.05) is 109 Å². The lowest BCUT2D eigenvalue weighted by atomic mass is 9.70. The largest absolute Gasteiger partial charge is 0.476 e. The molecule has 4 aromatic rings. The fourth-order valence-corrected chi connectivity index (χ4v) is 11.1. The molecule has 0 saturated heterocycles. The highest BCUT2D eigenvalue weighted by molar-refractivity contribution is 7.22. The summed E-state index contributed by atoms with van der Waals surface area (Å²) in [5, 5.41) is 16.8. The van der Waals surface area contributed by atoms with Gasteiger partial charge in [0.2, 0.25) is 11.8 Å². The zero-order chi connectivity index (χ0) is 59.9. The summed E-state index contributed by atoms with van der Waals surface area (Å²) < 4.78 is 29.8. The Bertz CT molecular complexity index is 2910. The normalized spacial score (nSPS) is 15.2. The zero-order valence-electron chi connectivity index (χ0n) is 49.2. The van der Waals surface area contributed by atoms with Gasteiger partial charge in [0.25, 0.3) is 17.7 Å². The number of ether oxygens (including phenoxy) is 5. The standard InChI is InChI=1S/C61H83N9O12S/c1-8-60(6,82-30-27-68(7)53(72)23-28-78-31-33-80-35-36-81-34-32-79-29-24-63-52(71)22-26-70-54(73)19-20-55(70)74)40-61(9-2,37-42(3)4)41-64-43(5)47(38-62)45-17-18-51(66-56(45)58(76)77)69-25-21-44-13-12-14-46(48(44)39-69)57(75)67-59-65-49-15-10-11-16-50(49)83-59/h10-20,38,42H,8-9,21-37,39-41,62H2,1-7H3,(H,63,71)(H,76,77)(H,65,67,75). The predicted octanol–water partition coefficient (Wildman–Crippen LogP) is 7.33. The maximum absolute atomic E-state index is 13.7. The lowest BCUT2D eigenvalue weighted by Gasteiger charge is -2.42. The molecular formula is C61H83N9O12S. The van der Waals surface area contributed by atoms with Crippen LogP contribution < -0.4 is 21.3 Å². The van der Waals surface area contributed by atoms with Gasteiger partial charge in [-0.05, 0) is 98.7 Å². The van der Waals surface area contributed by atoms with Crippen molar-refractivity contribution in [3.05, 3.63) is 101 Å². The summed E-state index contributed by atoms with van der Waals surface area (Å²) in [6, 6.07) is 17.0. The van der Waals surface area contributed by atoms with Crippen LogP contribution in [0.15, 0.2) is 77.9 Å². The van der Waals surface area contributed by atoms with E-state index in [0.29, 0.717) is 138 Å². The van der Waals surface area contributed by atoms with Gasteiger partial charge in [-0.15, -0.1) is 0 Å². The fourth-order valence-electron chi connectivity index (χ4n) is 10.3. The van der Waals surface area contributed by atoms with Gasteiger partial charge < -0.3 is 49.6 Å². The van der Waals surface area contributed by atoms with E-state index in [1.165, 1.54) is 29.7 Å². The Morgan fingerprint density at radius 2 is 1.55 bits per heavy atom. The number of allylic oxidation sites excluding steroid dienone is 1. The smallest absolute Gasteiger partial charge is 0.355 e. The fraction of sp³-hybridized carbons (Fsp3) is 0.525. The number of nitrogens with two attached hydrogens (primary N) is 1. The van der Waals surface area contributed by atoms with Gasteiger partial charge in [-0.1, -0.05) is 63.3 Å². The second kappa shape index (κ2) is 32.2. The number of carboxylic acids is 1. The van der Waals surface area contributed by atoms with Crippen LogP contribution in [-0.2, 0) is 55.8 Å². The van der Waals surface area contributed by atoms with Crippen LogP contribution in [0, 0.1) is 11.3 Å². The Balaban J connectivity index is 0.916. The number of aromatic nitrogens is 2. The molecule has 22 heteroatoms. The van der Waals surface area contributed by atoms with Crippen LogP contribution in [0.1, 0.15) is 118 Å². The minimum absolute atomic E-state index is 0.0244. The van der Waals surface area contributed by atoms with E-state index in [-0.39, 0.29) is 54.8 Å². The Labute approximate surface area is 491 Å². The highest BCUT2D eigenvalue weighted by Crippen LogP contribution is 2.42. The number of nitrogens with one attached hydrogen (secondary N) is 2. The third-order valence-corrected chi connectivity index (χ3v) is 15.9. The number of hydrogen-bond donors (Lipinski definition) is 4. The minimum atomic E-state index is -1.20. The van der Waals surface area contributed by atoms with E-state index >= 15 is 0 Å². The van der Waals surface area contributed by atoms with Crippen LogP contribution in [-0.4, -0.2) is 171 Å². The number of nitrogens with zero attached hydrogens (tertiary/aromatic N) is 6. The number of likely N-dealkylation sites (N-methyl/N-ethyl adjacent to an activating group) is 1. The Kier molecular flexibility index (Phi) is 25.3. The van der Waals surface area contributed by atoms with E-state index < -0.39 is 23.4 Å². The average molecular weight is 1170 g/mol. The van der Waals surface area contributed by atoms with E-state index in [2.05, 4.69) is 50.2 Å². The molecule has 2 unspecified atom stereocenters. The quantitative estimate of drug-likeness (QED) is 0.0197. The SMILES string of the molecule is CCC(CN=C(C)C(=CN)c1ccc(N2CCc3cccc(C(=O)Nc4nc5ccccc5s4)c3C2)nc1C(=O)O)(CC(C)C)CC(C)(CC)OCCN(C)C(=O)CCOCCOCCOCCOCCNC(=O)CCN1C(=O)C=CC1=O. The highest BCUT2D eigenvalue weighted by atomic mass is 32.1. The van der Waals surface area contributed by atoms with Crippen LogP contribution in [0.4, 0.5) is 10.9 Å². The second-order valence-corrected chi connectivity index (χ2v) is 22.5. The summed E-state index contributed by atoms with van der Waals surface area (Å²) in [6.07, 6.45) is 7.78. The van der Waals surface area contributed by atoms with Crippen molar-refractivity contribution in [2.45, 2.75) is 98.6 Å². The molecule has 0 fully saturated rings. The minimum Gasteiger partial charge on any atom is -0.476 e. The number of aliphatic imine (C=N–C) groups is 1. The molecule has 21 nitrogen and oxygen atoms in total. The molecule has 0 aliphatic carbocycles. The molecule has 6 rings (SSSR count). The number of anilines is 2. The van der Waals surface area contributed by atoms with Crippen molar-refractivity contribution in [3.8, 4) is 0 Å². The third-order valence-electron chi connectivity index (χ3n) is 14.9. The van der Waals surface area contributed by atoms with Crippen LogP contribution in [0.25, 0.3) is 15.8 Å². The van der Waals surface area contributed by atoms with E-state index in [1.807, 2.05) is 48.2 Å². The number of thiazole rings is 1. The maximum Gasteiger partial charge on any atom is 0.355 e. The maximum atomic E-state index is 13.7. The summed E-state index contributed by atoms with van der Waals surface area (Å²) in [4.78, 5) is 94.0. The molecule has 2 aromatic carbocycles. The summed E-state index contributed by atoms with van der Waals surface area (Å²) in [5.41, 5.74) is 10.0. The number of carboxylic acid groups (broad SMARTS) is 1. The van der Waals surface area contributed by atoms with Crippen LogP contribution in [0.3, 0.4) is 0 Å². The van der Waals surface area contributed by atoms with Crippen LogP contribution in [0.5, 0.6) is 0 Å². The monoisotopic (exact) mass is 1170 g/mol. The molecule has 0 bridgehead atoms. The number of aromatic carboxylic acids is 1. The molecule has 450 valence electrons. The summed E-state index contributed by atoms with van der Waals surface area (Å²) in [5.74, 6) is -1.81. The van der Waals surface area contributed by atoms with Crippen molar-refractivity contribution in [1.29, 1.82) is 0 Å². The molecule has 2 aliphatic heterocycles. The highest BCUT2D eigenvalue weighted by Gasteiger charge is 2.38. The molecule has 0 radical (unpaired) electrons. The van der Waals surface area contributed by atoms with Crippen molar-refractivity contribution in [3.63, 3.8) is 0 Å². The van der Waals surface area contributed by atoms with Gasteiger partial charge in [0, 0.05) is 93.5 Å². The topological polar surface area (TPSA) is 267 Å². The molecule has 83 heavy (non-hydrogen) atoms. The van der Waals surface area contributed by atoms with E-state index in [4.69, 9.17) is 39.4 Å².